The predicted octanol–water partition coefficient (Wildman–Crippen LogP) is 2.35. The number of carbonyl (C=O) groups excluding carboxylic acids is 1. The molecular formula is C14H19N5O2. The van der Waals surface area contributed by atoms with Crippen molar-refractivity contribution in [3.63, 3.8) is 0 Å². The Morgan fingerprint density at radius 1 is 1.29 bits per heavy atom. The van der Waals surface area contributed by atoms with E-state index in [0.29, 0.717) is 35.5 Å². The Kier molecular flexibility index (Phi) is 4.86. The smallest absolute Gasteiger partial charge is 0.270 e. The van der Waals surface area contributed by atoms with Crippen LogP contribution in [0.2, 0.25) is 0 Å². The summed E-state index contributed by atoms with van der Waals surface area (Å²) >= 11 is 0. The molecule has 7 nitrogen and oxygen atoms in total. The van der Waals surface area contributed by atoms with Crippen LogP contribution in [-0.4, -0.2) is 27.6 Å². The van der Waals surface area contributed by atoms with Crippen LogP contribution < -0.4 is 10.6 Å². The fraction of sp³-hybridized carbons (Fsp3) is 0.429. The first-order chi connectivity index (χ1) is 10.1. The minimum atomic E-state index is -0.201. The van der Waals surface area contributed by atoms with Crippen molar-refractivity contribution in [1.29, 1.82) is 0 Å². The van der Waals surface area contributed by atoms with E-state index < -0.39 is 0 Å². The van der Waals surface area contributed by atoms with E-state index in [9.17, 15) is 4.79 Å². The molecule has 112 valence electrons. The summed E-state index contributed by atoms with van der Waals surface area (Å²) in [7, 11) is 0. The van der Waals surface area contributed by atoms with Gasteiger partial charge >= 0.3 is 0 Å². The number of nitrogens with one attached hydrogen (secondary N) is 2. The van der Waals surface area contributed by atoms with Crippen molar-refractivity contribution < 1.29 is 9.32 Å². The van der Waals surface area contributed by atoms with Crippen LogP contribution in [0.3, 0.4) is 0 Å². The summed E-state index contributed by atoms with van der Waals surface area (Å²) in [6.45, 7) is 6.32. The van der Waals surface area contributed by atoms with Crippen molar-refractivity contribution in [1.82, 2.24) is 20.4 Å². The van der Waals surface area contributed by atoms with E-state index in [0.717, 1.165) is 12.8 Å². The number of unbranched alkanes of at least 4 members (excludes halogenated alkanes) is 1. The molecule has 7 heteroatoms. The summed E-state index contributed by atoms with van der Waals surface area (Å²) in [5.41, 5.74) is 1.04. The summed E-state index contributed by atoms with van der Waals surface area (Å²) in [4.78, 5) is 20.5. The molecule has 2 rings (SSSR count). The summed E-state index contributed by atoms with van der Waals surface area (Å²) < 4.78 is 4.96. The van der Waals surface area contributed by atoms with Crippen LogP contribution in [0.1, 0.15) is 41.7 Å². The number of hydrogen-bond donors (Lipinski definition) is 2. The Morgan fingerprint density at radius 2 is 2.10 bits per heavy atom. The molecule has 0 saturated heterocycles. The molecule has 0 saturated carbocycles. The molecule has 0 aliphatic carbocycles. The molecule has 2 N–H and O–H groups in total. The van der Waals surface area contributed by atoms with Gasteiger partial charge in [0.1, 0.15) is 11.5 Å². The molecule has 0 spiro atoms. The van der Waals surface area contributed by atoms with Crippen molar-refractivity contribution in [2.75, 3.05) is 11.9 Å². The minimum absolute atomic E-state index is 0.201. The second-order valence-corrected chi connectivity index (χ2v) is 4.78. The second-order valence-electron chi connectivity index (χ2n) is 4.78. The first-order valence-electron chi connectivity index (χ1n) is 6.92. The molecular weight excluding hydrogens is 270 g/mol. The van der Waals surface area contributed by atoms with Gasteiger partial charge in [0.2, 0.25) is 5.95 Å². The van der Waals surface area contributed by atoms with E-state index in [1.165, 1.54) is 0 Å². The number of aromatic nitrogens is 3. The van der Waals surface area contributed by atoms with E-state index in [2.05, 4.69) is 32.7 Å². The Labute approximate surface area is 123 Å². The number of carbonyl (C=O) groups is 1. The van der Waals surface area contributed by atoms with Gasteiger partial charge in [-0.2, -0.15) is 0 Å². The van der Waals surface area contributed by atoms with Crippen LogP contribution in [0.4, 0.5) is 11.8 Å². The molecule has 0 fully saturated rings. The van der Waals surface area contributed by atoms with Gasteiger partial charge in [-0.3, -0.25) is 4.79 Å². The minimum Gasteiger partial charge on any atom is -0.360 e. The van der Waals surface area contributed by atoms with Gasteiger partial charge in [0.25, 0.3) is 5.91 Å². The lowest BCUT2D eigenvalue weighted by molar-refractivity contribution is 0.0948. The molecule has 0 radical (unpaired) electrons. The van der Waals surface area contributed by atoms with Crippen LogP contribution in [0.15, 0.2) is 16.7 Å². The Bertz CT molecular complexity index is 624. The molecule has 0 aromatic carbocycles. The van der Waals surface area contributed by atoms with Crippen molar-refractivity contribution in [2.45, 2.75) is 33.6 Å². The zero-order valence-electron chi connectivity index (χ0n) is 12.4. The average Bonchev–Trinajstić information content (AvgIpc) is 2.83. The molecule has 2 aromatic heterocycles. The third-order valence-electron chi connectivity index (χ3n) is 2.77. The molecule has 0 atom stereocenters. The number of amides is 1. The van der Waals surface area contributed by atoms with Gasteiger partial charge in [0, 0.05) is 18.3 Å². The van der Waals surface area contributed by atoms with Crippen molar-refractivity contribution in [3.05, 3.63) is 29.3 Å². The van der Waals surface area contributed by atoms with Crippen LogP contribution in [0, 0.1) is 13.8 Å². The lowest BCUT2D eigenvalue weighted by atomic mass is 10.3. The van der Waals surface area contributed by atoms with Crippen molar-refractivity contribution in [3.8, 4) is 0 Å². The molecule has 0 aliphatic rings. The van der Waals surface area contributed by atoms with Gasteiger partial charge in [-0.25, -0.2) is 9.97 Å². The fourth-order valence-electron chi connectivity index (χ4n) is 1.75. The van der Waals surface area contributed by atoms with Gasteiger partial charge in [-0.05, 0) is 26.3 Å². The molecule has 0 bridgehead atoms. The van der Waals surface area contributed by atoms with E-state index in [1.54, 1.807) is 19.1 Å². The first-order valence-corrected chi connectivity index (χ1v) is 6.92. The highest BCUT2D eigenvalue weighted by molar-refractivity contribution is 5.92. The van der Waals surface area contributed by atoms with Gasteiger partial charge in [0.05, 0.1) is 0 Å². The first kappa shape index (κ1) is 15.0. The van der Waals surface area contributed by atoms with Gasteiger partial charge in [0.15, 0.2) is 5.82 Å². The maximum Gasteiger partial charge on any atom is 0.270 e. The Balaban J connectivity index is 2.11. The standard InChI is InChI=1S/C14H19N5O2/c1-4-5-6-15-13(20)11-7-9(2)16-14(17-11)18-12-8-10(3)21-19-12/h7-8H,4-6H2,1-3H3,(H,15,20)(H,16,17,18,19). The van der Waals surface area contributed by atoms with Gasteiger partial charge in [-0.1, -0.05) is 18.5 Å². The molecule has 0 unspecified atom stereocenters. The Hall–Kier alpha value is -2.44. The monoisotopic (exact) mass is 289 g/mol. The molecule has 2 heterocycles. The maximum atomic E-state index is 12.0. The molecule has 0 aliphatic heterocycles. The van der Waals surface area contributed by atoms with E-state index in [4.69, 9.17) is 4.52 Å². The maximum absolute atomic E-state index is 12.0. The van der Waals surface area contributed by atoms with Gasteiger partial charge < -0.3 is 15.2 Å². The summed E-state index contributed by atoms with van der Waals surface area (Å²) in [6, 6.07) is 3.38. The molecule has 1 amide bonds. The molecule has 2 aromatic rings. The zero-order chi connectivity index (χ0) is 15.2. The Morgan fingerprint density at radius 3 is 2.76 bits per heavy atom. The topological polar surface area (TPSA) is 92.9 Å². The van der Waals surface area contributed by atoms with E-state index >= 15 is 0 Å². The highest BCUT2D eigenvalue weighted by Crippen LogP contribution is 2.13. The summed E-state index contributed by atoms with van der Waals surface area (Å²) in [5.74, 6) is 1.32. The molecule has 21 heavy (non-hydrogen) atoms. The zero-order valence-corrected chi connectivity index (χ0v) is 12.4. The largest absolute Gasteiger partial charge is 0.360 e. The van der Waals surface area contributed by atoms with Gasteiger partial charge in [-0.15, -0.1) is 0 Å². The van der Waals surface area contributed by atoms with Crippen LogP contribution >= 0.6 is 0 Å². The highest BCUT2D eigenvalue weighted by atomic mass is 16.5. The van der Waals surface area contributed by atoms with Crippen LogP contribution in [-0.2, 0) is 0 Å². The number of hydrogen-bond acceptors (Lipinski definition) is 6. The number of nitrogens with zero attached hydrogens (tertiary/aromatic N) is 3. The SMILES string of the molecule is CCCCNC(=O)c1cc(C)nc(Nc2cc(C)on2)n1. The number of aryl methyl sites for hydroxylation is 2. The normalized spacial score (nSPS) is 10.4. The number of anilines is 2. The van der Waals surface area contributed by atoms with E-state index in [1.807, 2.05) is 6.92 Å². The van der Waals surface area contributed by atoms with Crippen molar-refractivity contribution >= 4 is 17.7 Å². The predicted molar refractivity (Wildman–Crippen MR) is 78.5 cm³/mol. The lowest BCUT2D eigenvalue weighted by Crippen LogP contribution is -2.25. The van der Waals surface area contributed by atoms with Crippen LogP contribution in [0.5, 0.6) is 0 Å². The summed E-state index contributed by atoms with van der Waals surface area (Å²) in [5, 5.41) is 9.56. The summed E-state index contributed by atoms with van der Waals surface area (Å²) in [6.07, 6.45) is 1.97. The second kappa shape index (κ2) is 6.83. The average molecular weight is 289 g/mol. The fourth-order valence-corrected chi connectivity index (χ4v) is 1.75. The van der Waals surface area contributed by atoms with Crippen LogP contribution in [0.25, 0.3) is 0 Å². The number of rotatable bonds is 6. The third-order valence-corrected chi connectivity index (χ3v) is 2.77. The van der Waals surface area contributed by atoms with Crippen molar-refractivity contribution in [2.24, 2.45) is 0 Å². The highest BCUT2D eigenvalue weighted by Gasteiger charge is 2.11. The quantitative estimate of drug-likeness (QED) is 0.793. The lowest BCUT2D eigenvalue weighted by Gasteiger charge is -2.07. The van der Waals surface area contributed by atoms with E-state index in [-0.39, 0.29) is 5.91 Å². The third kappa shape index (κ3) is 4.27.